The van der Waals surface area contributed by atoms with Gasteiger partial charge >= 0.3 is 5.97 Å². The van der Waals surface area contributed by atoms with Crippen LogP contribution in [-0.4, -0.2) is 28.7 Å². The lowest BCUT2D eigenvalue weighted by Gasteiger charge is -2.30. The molecule has 5 heteroatoms. The third-order valence-corrected chi connectivity index (χ3v) is 3.50. The summed E-state index contributed by atoms with van der Waals surface area (Å²) in [7, 11) is -3.53. The molecule has 0 bridgehead atoms. The number of hydrogen-bond acceptors (Lipinski definition) is 3. The molecule has 96 valence electrons. The van der Waals surface area contributed by atoms with E-state index in [0.29, 0.717) is 0 Å². The van der Waals surface area contributed by atoms with E-state index < -0.39 is 22.7 Å². The molecule has 1 atom stereocenters. The first-order chi connectivity index (χ1) is 6.92. The van der Waals surface area contributed by atoms with Crippen molar-refractivity contribution in [3.63, 3.8) is 0 Å². The quantitative estimate of drug-likeness (QED) is 0.714. The standard InChI is InChI=1S/C11H26O3Si2/c1-9(2)10(13-15(3,4)5)11(12)14-16(6,7)8/h9-10H,1-8H3. The maximum Gasteiger partial charge on any atom is 0.320 e. The molecule has 0 spiro atoms. The molecule has 0 aromatic rings. The molecule has 0 rings (SSSR count). The van der Waals surface area contributed by atoms with Gasteiger partial charge in [-0.15, -0.1) is 0 Å². The SMILES string of the molecule is CC(C)C(O[Si](C)(C)C)C(=O)O[Si](C)(C)C. The summed E-state index contributed by atoms with van der Waals surface area (Å²) in [5, 5.41) is 0. The lowest BCUT2D eigenvalue weighted by molar-refractivity contribution is -0.145. The fourth-order valence-corrected chi connectivity index (χ4v) is 3.05. The van der Waals surface area contributed by atoms with Gasteiger partial charge in [-0.3, -0.25) is 4.79 Å². The van der Waals surface area contributed by atoms with E-state index >= 15 is 0 Å². The molecular weight excluding hydrogens is 236 g/mol. The average molecular weight is 262 g/mol. The first-order valence-electron chi connectivity index (χ1n) is 5.83. The third kappa shape index (κ3) is 7.19. The fourth-order valence-electron chi connectivity index (χ4n) is 1.20. The van der Waals surface area contributed by atoms with E-state index in [1.807, 2.05) is 33.5 Å². The van der Waals surface area contributed by atoms with Crippen LogP contribution in [-0.2, 0) is 13.6 Å². The van der Waals surface area contributed by atoms with Crippen molar-refractivity contribution in [2.75, 3.05) is 0 Å². The number of hydrogen-bond donors (Lipinski definition) is 0. The second-order valence-electron chi connectivity index (χ2n) is 6.43. The van der Waals surface area contributed by atoms with Crippen LogP contribution in [0.4, 0.5) is 0 Å². The summed E-state index contributed by atoms with van der Waals surface area (Å²) >= 11 is 0. The van der Waals surface area contributed by atoms with Gasteiger partial charge in [-0.2, -0.15) is 0 Å². The molecular formula is C11H26O3Si2. The monoisotopic (exact) mass is 262 g/mol. The van der Waals surface area contributed by atoms with E-state index in [1.54, 1.807) is 0 Å². The molecule has 0 radical (unpaired) electrons. The molecule has 0 saturated heterocycles. The van der Waals surface area contributed by atoms with E-state index in [9.17, 15) is 4.79 Å². The Hall–Kier alpha value is -0.136. The highest BCUT2D eigenvalue weighted by molar-refractivity contribution is 6.71. The lowest BCUT2D eigenvalue weighted by atomic mass is 10.1. The molecule has 0 aliphatic carbocycles. The molecule has 0 fully saturated rings. The first kappa shape index (κ1) is 15.9. The summed E-state index contributed by atoms with van der Waals surface area (Å²) < 4.78 is 11.4. The van der Waals surface area contributed by atoms with Crippen molar-refractivity contribution in [1.29, 1.82) is 0 Å². The van der Waals surface area contributed by atoms with Crippen LogP contribution in [0, 0.1) is 5.92 Å². The van der Waals surface area contributed by atoms with E-state index in [2.05, 4.69) is 19.6 Å². The summed E-state index contributed by atoms with van der Waals surface area (Å²) in [5.41, 5.74) is 0. The smallest absolute Gasteiger partial charge is 0.320 e. The third-order valence-electron chi connectivity index (χ3n) is 1.73. The lowest BCUT2D eigenvalue weighted by Crippen LogP contribution is -2.44. The van der Waals surface area contributed by atoms with Crippen molar-refractivity contribution in [2.45, 2.75) is 59.2 Å². The van der Waals surface area contributed by atoms with Crippen LogP contribution >= 0.6 is 0 Å². The predicted molar refractivity (Wildman–Crippen MR) is 72.5 cm³/mol. The second-order valence-corrected chi connectivity index (χ2v) is 15.3. The zero-order chi connectivity index (χ0) is 13.1. The first-order valence-corrected chi connectivity index (χ1v) is 12.6. The highest BCUT2D eigenvalue weighted by Crippen LogP contribution is 2.17. The van der Waals surface area contributed by atoms with Crippen LogP contribution < -0.4 is 0 Å². The number of carbonyl (C=O) groups is 1. The van der Waals surface area contributed by atoms with Gasteiger partial charge in [-0.05, 0) is 45.2 Å². The number of rotatable bonds is 5. The van der Waals surface area contributed by atoms with Crippen LogP contribution in [0.1, 0.15) is 13.8 Å². The van der Waals surface area contributed by atoms with Crippen LogP contribution in [0.3, 0.4) is 0 Å². The van der Waals surface area contributed by atoms with E-state index in [4.69, 9.17) is 8.85 Å². The largest absolute Gasteiger partial charge is 0.518 e. The Balaban J connectivity index is 4.62. The summed E-state index contributed by atoms with van der Waals surface area (Å²) in [6, 6.07) is 0. The summed E-state index contributed by atoms with van der Waals surface area (Å²) in [5.74, 6) is -0.0211. The Morgan fingerprint density at radius 1 is 0.938 bits per heavy atom. The number of carbonyl (C=O) groups excluding carboxylic acids is 1. The van der Waals surface area contributed by atoms with Crippen molar-refractivity contribution in [3.05, 3.63) is 0 Å². The van der Waals surface area contributed by atoms with Gasteiger partial charge in [0.15, 0.2) is 8.32 Å². The Kier molecular flexibility index (Phi) is 5.42. The summed E-state index contributed by atoms with van der Waals surface area (Å²) in [6.07, 6.45) is -0.404. The molecule has 0 N–H and O–H groups in total. The van der Waals surface area contributed by atoms with Crippen LogP contribution in [0.15, 0.2) is 0 Å². The van der Waals surface area contributed by atoms with Gasteiger partial charge in [0.25, 0.3) is 0 Å². The molecule has 0 aromatic heterocycles. The average Bonchev–Trinajstić information content (AvgIpc) is 1.94. The van der Waals surface area contributed by atoms with Gasteiger partial charge in [-0.25, -0.2) is 0 Å². The van der Waals surface area contributed by atoms with Crippen LogP contribution in [0.25, 0.3) is 0 Å². The van der Waals surface area contributed by atoms with Crippen LogP contribution in [0.2, 0.25) is 39.3 Å². The van der Waals surface area contributed by atoms with Crippen molar-refractivity contribution in [3.8, 4) is 0 Å². The predicted octanol–water partition coefficient (Wildman–Crippen LogP) is 3.24. The Labute approximate surface area is 102 Å². The minimum Gasteiger partial charge on any atom is -0.518 e. The molecule has 0 aliphatic heterocycles. The van der Waals surface area contributed by atoms with Crippen molar-refractivity contribution < 1.29 is 13.6 Å². The fraction of sp³-hybridized carbons (Fsp3) is 0.909. The van der Waals surface area contributed by atoms with Gasteiger partial charge in [0, 0.05) is 0 Å². The minimum absolute atomic E-state index is 0.163. The molecule has 16 heavy (non-hydrogen) atoms. The summed E-state index contributed by atoms with van der Waals surface area (Å²) in [6.45, 7) is 16.3. The molecule has 0 aliphatic rings. The summed E-state index contributed by atoms with van der Waals surface area (Å²) in [4.78, 5) is 12.0. The van der Waals surface area contributed by atoms with Crippen molar-refractivity contribution in [1.82, 2.24) is 0 Å². The maximum absolute atomic E-state index is 12.0. The van der Waals surface area contributed by atoms with Gasteiger partial charge < -0.3 is 8.85 Å². The van der Waals surface area contributed by atoms with Crippen LogP contribution in [0.5, 0.6) is 0 Å². The van der Waals surface area contributed by atoms with Crippen molar-refractivity contribution >= 4 is 22.6 Å². The van der Waals surface area contributed by atoms with E-state index in [-0.39, 0.29) is 11.9 Å². The molecule has 3 nitrogen and oxygen atoms in total. The highest BCUT2D eigenvalue weighted by Gasteiger charge is 2.33. The molecule has 1 unspecified atom stereocenters. The zero-order valence-electron chi connectivity index (χ0n) is 11.9. The van der Waals surface area contributed by atoms with Crippen molar-refractivity contribution in [2.24, 2.45) is 5.92 Å². The van der Waals surface area contributed by atoms with Gasteiger partial charge in [-0.1, -0.05) is 13.8 Å². The van der Waals surface area contributed by atoms with Gasteiger partial charge in [0.2, 0.25) is 8.32 Å². The van der Waals surface area contributed by atoms with E-state index in [0.717, 1.165) is 0 Å². The van der Waals surface area contributed by atoms with Gasteiger partial charge in [0.05, 0.1) is 0 Å². The van der Waals surface area contributed by atoms with Gasteiger partial charge in [0.1, 0.15) is 6.10 Å². The molecule has 0 saturated carbocycles. The Morgan fingerprint density at radius 3 is 1.62 bits per heavy atom. The normalized spacial score (nSPS) is 15.1. The second kappa shape index (κ2) is 5.47. The van der Waals surface area contributed by atoms with E-state index in [1.165, 1.54) is 0 Å². The highest BCUT2D eigenvalue weighted by atomic mass is 28.4. The molecule has 0 aromatic carbocycles. The topological polar surface area (TPSA) is 35.5 Å². The molecule has 0 heterocycles. The molecule has 0 amide bonds. The minimum atomic E-state index is -1.82. The Bertz CT molecular complexity index is 239. The maximum atomic E-state index is 12.0. The zero-order valence-corrected chi connectivity index (χ0v) is 13.9. The Morgan fingerprint density at radius 2 is 1.38 bits per heavy atom.